The molecule has 130 valence electrons. The number of ether oxygens (including phenoxy) is 1. The summed E-state index contributed by atoms with van der Waals surface area (Å²) < 4.78 is 11.5. The lowest BCUT2D eigenvalue weighted by molar-refractivity contribution is -0.135. The van der Waals surface area contributed by atoms with E-state index in [9.17, 15) is 4.79 Å². The molecule has 1 N–H and O–H groups in total. The van der Waals surface area contributed by atoms with Gasteiger partial charge in [-0.2, -0.15) is 0 Å². The lowest BCUT2D eigenvalue weighted by atomic mass is 10.1. The number of nitrogens with zero attached hydrogens (tertiary/aromatic N) is 1. The molecular weight excluding hydrogens is 304 g/mol. The number of benzene rings is 1. The van der Waals surface area contributed by atoms with Crippen LogP contribution in [0.5, 0.6) is 0 Å². The number of fused-ring (bicyclic) bond motifs is 1. The van der Waals surface area contributed by atoms with E-state index in [2.05, 4.69) is 18.3 Å². The van der Waals surface area contributed by atoms with E-state index < -0.39 is 0 Å². The Balaban J connectivity index is 1.80. The first kappa shape index (κ1) is 17.0. The van der Waals surface area contributed by atoms with Crippen molar-refractivity contribution in [2.45, 2.75) is 38.8 Å². The first-order chi connectivity index (χ1) is 11.7. The quantitative estimate of drug-likeness (QED) is 0.885. The van der Waals surface area contributed by atoms with Crippen molar-refractivity contribution in [3.8, 4) is 0 Å². The minimum atomic E-state index is -0.249. The van der Waals surface area contributed by atoms with Crippen LogP contribution in [0.4, 0.5) is 0 Å². The molecule has 0 saturated carbocycles. The van der Waals surface area contributed by atoms with Crippen LogP contribution in [0, 0.1) is 0 Å². The normalized spacial score (nSPS) is 18.0. The van der Waals surface area contributed by atoms with Gasteiger partial charge in [-0.1, -0.05) is 31.5 Å². The Hall–Kier alpha value is -1.85. The van der Waals surface area contributed by atoms with Crippen molar-refractivity contribution in [2.75, 3.05) is 26.8 Å². The SMILES string of the molecule is CCCCc1oc2ccccc2c1CN(C)C(=O)C1COCCN1. The molecule has 1 saturated heterocycles. The van der Waals surface area contributed by atoms with Gasteiger partial charge >= 0.3 is 0 Å². The van der Waals surface area contributed by atoms with Crippen LogP contribution >= 0.6 is 0 Å². The molecule has 3 rings (SSSR count). The molecule has 5 nitrogen and oxygen atoms in total. The van der Waals surface area contributed by atoms with Crippen molar-refractivity contribution >= 4 is 16.9 Å². The summed E-state index contributed by atoms with van der Waals surface area (Å²) in [5, 5.41) is 4.33. The molecule has 0 spiro atoms. The Morgan fingerprint density at radius 2 is 2.21 bits per heavy atom. The van der Waals surface area contributed by atoms with Crippen molar-refractivity contribution < 1.29 is 13.9 Å². The molecule has 1 aliphatic rings. The Morgan fingerprint density at radius 1 is 1.38 bits per heavy atom. The molecule has 1 aromatic heterocycles. The summed E-state index contributed by atoms with van der Waals surface area (Å²) in [4.78, 5) is 14.4. The van der Waals surface area contributed by atoms with Gasteiger partial charge in [0.05, 0.1) is 13.2 Å². The summed E-state index contributed by atoms with van der Waals surface area (Å²) in [7, 11) is 1.85. The molecule has 24 heavy (non-hydrogen) atoms. The van der Waals surface area contributed by atoms with Crippen LogP contribution in [0.25, 0.3) is 11.0 Å². The average Bonchev–Trinajstić information content (AvgIpc) is 2.97. The number of rotatable bonds is 6. The van der Waals surface area contributed by atoms with Gasteiger partial charge in [0.2, 0.25) is 5.91 Å². The van der Waals surface area contributed by atoms with E-state index in [-0.39, 0.29) is 11.9 Å². The second-order valence-electron chi connectivity index (χ2n) is 6.38. The van der Waals surface area contributed by atoms with Gasteiger partial charge in [0.25, 0.3) is 0 Å². The molecule has 0 radical (unpaired) electrons. The van der Waals surface area contributed by atoms with E-state index in [1.807, 2.05) is 25.2 Å². The van der Waals surface area contributed by atoms with E-state index in [1.165, 1.54) is 0 Å². The van der Waals surface area contributed by atoms with Gasteiger partial charge in [0.15, 0.2) is 0 Å². The second-order valence-corrected chi connectivity index (χ2v) is 6.38. The predicted octanol–water partition coefficient (Wildman–Crippen LogP) is 2.72. The highest BCUT2D eigenvalue weighted by Gasteiger charge is 2.26. The van der Waals surface area contributed by atoms with Gasteiger partial charge < -0.3 is 19.4 Å². The molecule has 1 aromatic carbocycles. The fourth-order valence-corrected chi connectivity index (χ4v) is 3.17. The number of hydrogen-bond acceptors (Lipinski definition) is 4. The van der Waals surface area contributed by atoms with Crippen LogP contribution in [0.2, 0.25) is 0 Å². The maximum atomic E-state index is 12.6. The van der Waals surface area contributed by atoms with E-state index in [0.717, 1.165) is 48.1 Å². The van der Waals surface area contributed by atoms with E-state index >= 15 is 0 Å². The zero-order chi connectivity index (χ0) is 16.9. The number of hydrogen-bond donors (Lipinski definition) is 1. The Morgan fingerprint density at radius 3 is 2.96 bits per heavy atom. The standard InChI is InChI=1S/C19H26N2O3/c1-3-4-8-18-15(14-7-5-6-9-17(14)24-18)12-21(2)19(22)16-13-23-11-10-20-16/h5-7,9,16,20H,3-4,8,10-13H2,1-2H3. The van der Waals surface area contributed by atoms with Crippen LogP contribution in [-0.4, -0.2) is 43.7 Å². The molecule has 1 unspecified atom stereocenters. The number of carbonyl (C=O) groups is 1. The topological polar surface area (TPSA) is 54.7 Å². The van der Waals surface area contributed by atoms with Crippen molar-refractivity contribution in [2.24, 2.45) is 0 Å². The summed E-state index contributed by atoms with van der Waals surface area (Å²) in [6, 6.07) is 7.82. The summed E-state index contributed by atoms with van der Waals surface area (Å²) in [5.41, 5.74) is 2.03. The average molecular weight is 330 g/mol. The number of carbonyl (C=O) groups excluding carboxylic acids is 1. The fraction of sp³-hybridized carbons (Fsp3) is 0.526. The van der Waals surface area contributed by atoms with Gasteiger partial charge in [-0.3, -0.25) is 4.79 Å². The molecule has 1 fully saturated rings. The third-order valence-electron chi connectivity index (χ3n) is 4.53. The number of amides is 1. The monoisotopic (exact) mass is 330 g/mol. The first-order valence-electron chi connectivity index (χ1n) is 8.76. The largest absolute Gasteiger partial charge is 0.461 e. The lowest BCUT2D eigenvalue weighted by Gasteiger charge is -2.27. The van der Waals surface area contributed by atoms with Gasteiger partial charge in [-0.15, -0.1) is 0 Å². The maximum Gasteiger partial charge on any atom is 0.242 e. The Kier molecular flexibility index (Phi) is 5.53. The molecule has 0 aliphatic carbocycles. The zero-order valence-electron chi connectivity index (χ0n) is 14.5. The van der Waals surface area contributed by atoms with Crippen molar-refractivity contribution in [1.82, 2.24) is 10.2 Å². The van der Waals surface area contributed by atoms with Gasteiger partial charge in [-0.25, -0.2) is 0 Å². The van der Waals surface area contributed by atoms with E-state index in [1.54, 1.807) is 4.90 Å². The van der Waals surface area contributed by atoms with E-state index in [4.69, 9.17) is 9.15 Å². The van der Waals surface area contributed by atoms with Crippen LogP contribution in [0.15, 0.2) is 28.7 Å². The van der Waals surface area contributed by atoms with Gasteiger partial charge in [0.1, 0.15) is 17.4 Å². The lowest BCUT2D eigenvalue weighted by Crippen LogP contribution is -2.51. The Bertz CT molecular complexity index is 689. The third-order valence-corrected chi connectivity index (χ3v) is 4.53. The van der Waals surface area contributed by atoms with E-state index in [0.29, 0.717) is 19.8 Å². The number of unbranched alkanes of at least 4 members (excludes halogenated alkanes) is 1. The molecule has 2 heterocycles. The number of morpholine rings is 1. The molecular formula is C19H26N2O3. The highest BCUT2D eigenvalue weighted by molar-refractivity contribution is 5.85. The van der Waals surface area contributed by atoms with Crippen LogP contribution in [0.3, 0.4) is 0 Å². The molecule has 1 aliphatic heterocycles. The van der Waals surface area contributed by atoms with Crippen LogP contribution in [-0.2, 0) is 22.5 Å². The van der Waals surface area contributed by atoms with Crippen molar-refractivity contribution in [1.29, 1.82) is 0 Å². The van der Waals surface area contributed by atoms with Crippen LogP contribution < -0.4 is 5.32 Å². The smallest absolute Gasteiger partial charge is 0.242 e. The summed E-state index contributed by atoms with van der Waals surface area (Å²) in [5.74, 6) is 1.08. The molecule has 1 amide bonds. The summed E-state index contributed by atoms with van der Waals surface area (Å²) in [6.07, 6.45) is 3.12. The number of furan rings is 1. The molecule has 2 aromatic rings. The Labute approximate surface area is 143 Å². The first-order valence-corrected chi connectivity index (χ1v) is 8.76. The summed E-state index contributed by atoms with van der Waals surface area (Å²) in [6.45, 7) is 4.57. The molecule has 5 heteroatoms. The highest BCUT2D eigenvalue weighted by atomic mass is 16.5. The fourth-order valence-electron chi connectivity index (χ4n) is 3.17. The van der Waals surface area contributed by atoms with Gasteiger partial charge in [-0.05, 0) is 12.5 Å². The minimum Gasteiger partial charge on any atom is -0.461 e. The zero-order valence-corrected chi connectivity index (χ0v) is 14.5. The number of likely N-dealkylation sites (N-methyl/N-ethyl adjacent to an activating group) is 1. The number of nitrogens with one attached hydrogen (secondary N) is 1. The minimum absolute atomic E-state index is 0.0708. The number of para-hydroxylation sites is 1. The maximum absolute atomic E-state index is 12.6. The molecule has 0 bridgehead atoms. The van der Waals surface area contributed by atoms with Gasteiger partial charge in [0, 0.05) is 37.5 Å². The predicted molar refractivity (Wildman–Crippen MR) is 93.9 cm³/mol. The highest BCUT2D eigenvalue weighted by Crippen LogP contribution is 2.28. The van der Waals surface area contributed by atoms with Crippen LogP contribution in [0.1, 0.15) is 31.1 Å². The second kappa shape index (κ2) is 7.81. The molecule has 1 atom stereocenters. The van der Waals surface area contributed by atoms with Crippen molar-refractivity contribution in [3.63, 3.8) is 0 Å². The summed E-state index contributed by atoms with van der Waals surface area (Å²) >= 11 is 0. The van der Waals surface area contributed by atoms with Crippen molar-refractivity contribution in [3.05, 3.63) is 35.6 Å². The third kappa shape index (κ3) is 3.62. The number of aryl methyl sites for hydroxylation is 1.